The van der Waals surface area contributed by atoms with E-state index in [4.69, 9.17) is 15.6 Å². The molecule has 1 rings (SSSR count). The number of ether oxygens (including phenoxy) is 1. The van der Waals surface area contributed by atoms with Crippen molar-refractivity contribution in [2.45, 2.75) is 24.6 Å². The third-order valence-electron chi connectivity index (χ3n) is 2.70. The summed E-state index contributed by atoms with van der Waals surface area (Å²) in [6.45, 7) is 2.22. The van der Waals surface area contributed by atoms with E-state index in [0.29, 0.717) is 11.0 Å². The van der Waals surface area contributed by atoms with Gasteiger partial charge in [-0.1, -0.05) is 13.0 Å². The van der Waals surface area contributed by atoms with Crippen LogP contribution in [0.4, 0.5) is 4.39 Å². The monoisotopic (exact) mass is 273 g/mol. The van der Waals surface area contributed by atoms with Crippen LogP contribution in [0, 0.1) is 5.82 Å². The average Bonchev–Trinajstić information content (AvgIpc) is 2.36. The van der Waals surface area contributed by atoms with E-state index in [9.17, 15) is 4.39 Å². The van der Waals surface area contributed by atoms with E-state index >= 15 is 0 Å². The van der Waals surface area contributed by atoms with Crippen LogP contribution in [-0.4, -0.2) is 29.8 Å². The van der Waals surface area contributed by atoms with Gasteiger partial charge in [-0.25, -0.2) is 4.39 Å². The number of hydrogen-bond donors (Lipinski definition) is 2. The van der Waals surface area contributed by atoms with Crippen LogP contribution < -0.4 is 10.5 Å². The Bertz CT molecular complexity index is 376. The zero-order valence-electron chi connectivity index (χ0n) is 10.7. The maximum Gasteiger partial charge on any atom is 0.165 e. The highest BCUT2D eigenvalue weighted by Gasteiger charge is 2.12. The van der Waals surface area contributed by atoms with Gasteiger partial charge in [0, 0.05) is 23.7 Å². The van der Waals surface area contributed by atoms with Gasteiger partial charge < -0.3 is 15.6 Å². The van der Waals surface area contributed by atoms with Gasteiger partial charge in [0.25, 0.3) is 0 Å². The van der Waals surface area contributed by atoms with Gasteiger partial charge in [-0.05, 0) is 24.1 Å². The minimum Gasteiger partial charge on any atom is -0.494 e. The van der Waals surface area contributed by atoms with Crippen LogP contribution in [0.25, 0.3) is 0 Å². The number of aliphatic hydroxyl groups excluding tert-OH is 1. The van der Waals surface area contributed by atoms with E-state index in [-0.39, 0.29) is 24.2 Å². The summed E-state index contributed by atoms with van der Waals surface area (Å²) in [6.07, 6.45) is 0.744. The van der Waals surface area contributed by atoms with E-state index in [1.54, 1.807) is 23.9 Å². The summed E-state index contributed by atoms with van der Waals surface area (Å²) in [5.74, 6) is 0.540. The summed E-state index contributed by atoms with van der Waals surface area (Å²) in [5, 5.41) is 9.16. The molecule has 0 aliphatic rings. The quantitative estimate of drug-likeness (QED) is 0.800. The Morgan fingerprint density at radius 3 is 2.78 bits per heavy atom. The number of aliphatic hydroxyl groups is 1. The minimum atomic E-state index is -0.390. The highest BCUT2D eigenvalue weighted by Crippen LogP contribution is 2.24. The molecule has 0 heterocycles. The van der Waals surface area contributed by atoms with Crippen LogP contribution in [0.2, 0.25) is 0 Å². The molecule has 1 aromatic carbocycles. The van der Waals surface area contributed by atoms with Crippen molar-refractivity contribution in [3.63, 3.8) is 0 Å². The molecule has 3 N–H and O–H groups in total. The Balaban J connectivity index is 2.56. The molecule has 2 unspecified atom stereocenters. The molecule has 0 bridgehead atoms. The van der Waals surface area contributed by atoms with Gasteiger partial charge in [0.2, 0.25) is 0 Å². The fraction of sp³-hybridized carbons (Fsp3) is 0.538. The standard InChI is InChI=1S/C13H20FNO2S/c1-9(5-6-16)18-8-12(15)10-3-4-13(17-2)11(14)7-10/h3-4,7,9,12,16H,5-6,8,15H2,1-2H3. The molecule has 0 aliphatic carbocycles. The third kappa shape index (κ3) is 4.48. The lowest BCUT2D eigenvalue weighted by atomic mass is 10.1. The fourth-order valence-corrected chi connectivity index (χ4v) is 2.54. The predicted molar refractivity (Wildman–Crippen MR) is 73.5 cm³/mol. The first-order valence-electron chi connectivity index (χ1n) is 5.90. The molecular weight excluding hydrogens is 253 g/mol. The van der Waals surface area contributed by atoms with E-state index in [1.165, 1.54) is 13.2 Å². The Morgan fingerprint density at radius 1 is 1.50 bits per heavy atom. The van der Waals surface area contributed by atoms with Crippen molar-refractivity contribution >= 4 is 11.8 Å². The molecule has 2 atom stereocenters. The number of hydrogen-bond acceptors (Lipinski definition) is 4. The summed E-state index contributed by atoms with van der Waals surface area (Å²) in [6, 6.07) is 4.58. The molecule has 0 saturated carbocycles. The van der Waals surface area contributed by atoms with Gasteiger partial charge in [0.05, 0.1) is 7.11 Å². The van der Waals surface area contributed by atoms with Crippen LogP contribution in [0.15, 0.2) is 18.2 Å². The first-order valence-corrected chi connectivity index (χ1v) is 6.94. The second-order valence-electron chi connectivity index (χ2n) is 4.16. The maximum atomic E-state index is 13.5. The van der Waals surface area contributed by atoms with Crippen molar-refractivity contribution in [1.29, 1.82) is 0 Å². The minimum absolute atomic E-state index is 0.181. The molecule has 0 fully saturated rings. The highest BCUT2D eigenvalue weighted by atomic mass is 32.2. The molecule has 5 heteroatoms. The zero-order chi connectivity index (χ0) is 13.5. The molecule has 0 saturated heterocycles. The lowest BCUT2D eigenvalue weighted by Crippen LogP contribution is -2.15. The maximum absolute atomic E-state index is 13.5. The second kappa shape index (κ2) is 7.61. The van der Waals surface area contributed by atoms with Crippen LogP contribution >= 0.6 is 11.8 Å². The first kappa shape index (κ1) is 15.3. The lowest BCUT2D eigenvalue weighted by molar-refractivity contribution is 0.289. The smallest absolute Gasteiger partial charge is 0.165 e. The Morgan fingerprint density at radius 2 is 2.22 bits per heavy atom. The number of halogens is 1. The number of nitrogens with two attached hydrogens (primary N) is 1. The summed E-state index contributed by atoms with van der Waals surface area (Å²) in [4.78, 5) is 0. The molecule has 18 heavy (non-hydrogen) atoms. The van der Waals surface area contributed by atoms with Gasteiger partial charge in [-0.3, -0.25) is 0 Å². The van der Waals surface area contributed by atoms with Gasteiger partial charge in [-0.2, -0.15) is 11.8 Å². The number of rotatable bonds is 7. The molecule has 0 radical (unpaired) electrons. The normalized spacial score (nSPS) is 14.3. The van der Waals surface area contributed by atoms with E-state index in [2.05, 4.69) is 0 Å². The first-order chi connectivity index (χ1) is 8.58. The van der Waals surface area contributed by atoms with Crippen molar-refractivity contribution in [2.75, 3.05) is 19.5 Å². The molecular formula is C13H20FNO2S. The van der Waals surface area contributed by atoms with Crippen LogP contribution in [0.3, 0.4) is 0 Å². The van der Waals surface area contributed by atoms with Crippen molar-refractivity contribution < 1.29 is 14.2 Å². The summed E-state index contributed by atoms with van der Waals surface area (Å²) in [7, 11) is 1.43. The van der Waals surface area contributed by atoms with Gasteiger partial charge >= 0.3 is 0 Å². The molecule has 0 spiro atoms. The van der Waals surface area contributed by atoms with Crippen molar-refractivity contribution in [3.8, 4) is 5.75 Å². The van der Waals surface area contributed by atoms with Crippen molar-refractivity contribution in [1.82, 2.24) is 0 Å². The predicted octanol–water partition coefficient (Wildman–Crippen LogP) is 2.34. The Kier molecular flexibility index (Phi) is 6.46. The Hall–Kier alpha value is -0.780. The fourth-order valence-electron chi connectivity index (χ4n) is 1.54. The summed E-state index contributed by atoms with van der Waals surface area (Å²) >= 11 is 1.68. The number of benzene rings is 1. The van der Waals surface area contributed by atoms with Gasteiger partial charge in [0.15, 0.2) is 11.6 Å². The molecule has 0 aliphatic heterocycles. The molecule has 102 valence electrons. The molecule has 1 aromatic rings. The zero-order valence-corrected chi connectivity index (χ0v) is 11.5. The van der Waals surface area contributed by atoms with Crippen molar-refractivity contribution in [2.24, 2.45) is 5.73 Å². The van der Waals surface area contributed by atoms with E-state index < -0.39 is 0 Å². The second-order valence-corrected chi connectivity index (χ2v) is 5.63. The number of thioether (sulfide) groups is 1. The molecule has 3 nitrogen and oxygen atoms in total. The lowest BCUT2D eigenvalue weighted by Gasteiger charge is -2.15. The van der Waals surface area contributed by atoms with Crippen molar-refractivity contribution in [3.05, 3.63) is 29.6 Å². The number of methoxy groups -OCH3 is 1. The molecule has 0 aromatic heterocycles. The van der Waals surface area contributed by atoms with Crippen LogP contribution in [0.5, 0.6) is 5.75 Å². The highest BCUT2D eigenvalue weighted by molar-refractivity contribution is 7.99. The van der Waals surface area contributed by atoms with Crippen LogP contribution in [0.1, 0.15) is 24.9 Å². The van der Waals surface area contributed by atoms with Gasteiger partial charge in [0.1, 0.15) is 0 Å². The Labute approximate surface area is 112 Å². The topological polar surface area (TPSA) is 55.5 Å². The SMILES string of the molecule is COc1ccc(C(N)CSC(C)CCO)cc1F. The van der Waals surface area contributed by atoms with E-state index in [0.717, 1.165) is 12.0 Å². The third-order valence-corrected chi connectivity index (χ3v) is 4.06. The summed E-state index contributed by atoms with van der Waals surface area (Å²) in [5.41, 5.74) is 6.77. The average molecular weight is 273 g/mol. The van der Waals surface area contributed by atoms with Crippen LogP contribution in [-0.2, 0) is 0 Å². The van der Waals surface area contributed by atoms with E-state index in [1.807, 2.05) is 6.92 Å². The molecule has 0 amide bonds. The van der Waals surface area contributed by atoms with Gasteiger partial charge in [-0.15, -0.1) is 0 Å². The summed E-state index contributed by atoms with van der Waals surface area (Å²) < 4.78 is 18.4. The largest absolute Gasteiger partial charge is 0.494 e.